The van der Waals surface area contributed by atoms with E-state index in [1.54, 1.807) is 49.6 Å². The SMILES string of the molecule is CC(C)(C)OC(=O)N1Cc2nc3cc(F)c(-c4ccc(S(C)(=O)=O)nc4)cc3n2[C@H](c2ccccc2OC(F)F)C1. The lowest BCUT2D eigenvalue weighted by Gasteiger charge is -2.36. The van der Waals surface area contributed by atoms with Crippen molar-refractivity contribution in [3.63, 3.8) is 0 Å². The van der Waals surface area contributed by atoms with Crippen LogP contribution in [0.4, 0.5) is 18.0 Å². The van der Waals surface area contributed by atoms with Crippen LogP contribution >= 0.6 is 0 Å². The van der Waals surface area contributed by atoms with Crippen LogP contribution in [0.3, 0.4) is 0 Å². The first kappa shape index (κ1) is 28.4. The number of alkyl halides is 2. The molecule has 3 heterocycles. The second-order valence-electron chi connectivity index (χ2n) is 10.7. The molecule has 13 heteroatoms. The van der Waals surface area contributed by atoms with Crippen LogP contribution in [0.15, 0.2) is 59.8 Å². The highest BCUT2D eigenvalue weighted by Gasteiger charge is 2.35. The lowest BCUT2D eigenvalue weighted by molar-refractivity contribution is -0.0509. The number of ether oxygens (including phenoxy) is 2. The molecule has 0 radical (unpaired) electrons. The summed E-state index contributed by atoms with van der Waals surface area (Å²) in [5.74, 6) is -0.311. The maximum absolute atomic E-state index is 15.3. The summed E-state index contributed by atoms with van der Waals surface area (Å²) >= 11 is 0. The number of amides is 1. The molecule has 0 N–H and O–H groups in total. The van der Waals surface area contributed by atoms with Crippen molar-refractivity contribution in [1.82, 2.24) is 19.4 Å². The lowest BCUT2D eigenvalue weighted by atomic mass is 10.0. The minimum Gasteiger partial charge on any atom is -0.444 e. The van der Waals surface area contributed by atoms with Crippen LogP contribution in [-0.4, -0.2) is 59.0 Å². The number of rotatable bonds is 5. The van der Waals surface area contributed by atoms with Gasteiger partial charge in [0.2, 0.25) is 0 Å². The Bertz CT molecular complexity index is 1730. The number of fused-ring (bicyclic) bond motifs is 3. The third-order valence-corrected chi connectivity index (χ3v) is 7.46. The molecule has 5 rings (SSSR count). The molecule has 0 unspecified atom stereocenters. The molecule has 0 spiro atoms. The zero-order valence-electron chi connectivity index (χ0n) is 22.6. The van der Waals surface area contributed by atoms with E-state index in [2.05, 4.69) is 9.97 Å². The highest BCUT2D eigenvalue weighted by atomic mass is 32.2. The van der Waals surface area contributed by atoms with Gasteiger partial charge < -0.3 is 14.0 Å². The van der Waals surface area contributed by atoms with Crippen LogP contribution in [0.2, 0.25) is 0 Å². The molecule has 2 aromatic heterocycles. The van der Waals surface area contributed by atoms with Crippen LogP contribution in [0.5, 0.6) is 5.75 Å². The third-order valence-electron chi connectivity index (χ3n) is 6.46. The van der Waals surface area contributed by atoms with E-state index in [0.29, 0.717) is 22.5 Å². The number of carbonyl (C=O) groups is 1. The molecule has 41 heavy (non-hydrogen) atoms. The van der Waals surface area contributed by atoms with Crippen molar-refractivity contribution >= 4 is 27.0 Å². The number of para-hydroxylation sites is 1. The number of carbonyl (C=O) groups excluding carboxylic acids is 1. The molecule has 1 atom stereocenters. The highest BCUT2D eigenvalue weighted by molar-refractivity contribution is 7.90. The fourth-order valence-corrected chi connectivity index (χ4v) is 5.35. The predicted octanol–water partition coefficient (Wildman–Crippen LogP) is 5.58. The van der Waals surface area contributed by atoms with Crippen molar-refractivity contribution in [2.45, 2.75) is 50.6 Å². The van der Waals surface area contributed by atoms with Gasteiger partial charge in [0.1, 0.15) is 23.0 Å². The minimum atomic E-state index is -3.55. The Morgan fingerprint density at radius 2 is 1.85 bits per heavy atom. The van der Waals surface area contributed by atoms with Gasteiger partial charge >= 0.3 is 12.7 Å². The molecule has 4 aromatic rings. The predicted molar refractivity (Wildman–Crippen MR) is 144 cm³/mol. The summed E-state index contributed by atoms with van der Waals surface area (Å²) < 4.78 is 77.8. The summed E-state index contributed by atoms with van der Waals surface area (Å²) in [7, 11) is -3.55. The highest BCUT2D eigenvalue weighted by Crippen LogP contribution is 2.38. The summed E-state index contributed by atoms with van der Waals surface area (Å²) in [6, 6.07) is 11.0. The average Bonchev–Trinajstić information content (AvgIpc) is 3.23. The molecule has 0 saturated heterocycles. The molecule has 0 aliphatic carbocycles. The largest absolute Gasteiger partial charge is 0.444 e. The number of hydrogen-bond acceptors (Lipinski definition) is 7. The molecular weight excluding hydrogens is 561 g/mol. The molecule has 0 saturated carbocycles. The number of pyridine rings is 1. The van der Waals surface area contributed by atoms with Crippen molar-refractivity contribution in [1.29, 1.82) is 0 Å². The van der Waals surface area contributed by atoms with Crippen LogP contribution in [0.1, 0.15) is 38.2 Å². The van der Waals surface area contributed by atoms with Crippen LogP contribution in [0.25, 0.3) is 22.2 Å². The second-order valence-corrected chi connectivity index (χ2v) is 12.6. The van der Waals surface area contributed by atoms with Crippen molar-refractivity contribution in [2.24, 2.45) is 0 Å². The van der Waals surface area contributed by atoms with Gasteiger partial charge in [-0.05, 0) is 45.0 Å². The van der Waals surface area contributed by atoms with E-state index in [9.17, 15) is 22.0 Å². The normalized spacial score (nSPS) is 15.7. The molecule has 1 amide bonds. The minimum absolute atomic E-state index is 0.0273. The van der Waals surface area contributed by atoms with Gasteiger partial charge in [-0.2, -0.15) is 8.78 Å². The monoisotopic (exact) mass is 588 g/mol. The summed E-state index contributed by atoms with van der Waals surface area (Å²) in [5.41, 5.74) is 0.815. The summed E-state index contributed by atoms with van der Waals surface area (Å²) in [4.78, 5) is 23.0. The standard InChI is InChI=1S/C28H27F3N4O5S/c1-28(2,3)40-27(36)34-14-22(17-7-5-6-8-23(17)39-26(30)31)35-21-11-18(19(29)12-20(21)33-24(35)15-34)16-9-10-25(32-13-16)41(4,37)38/h5-13,22,26H,14-15H2,1-4H3/t22-/m0/s1. The van der Waals surface area contributed by atoms with Crippen molar-refractivity contribution < 1.29 is 35.9 Å². The van der Waals surface area contributed by atoms with Crippen molar-refractivity contribution in [3.05, 3.63) is 71.9 Å². The Balaban J connectivity index is 1.67. The van der Waals surface area contributed by atoms with Gasteiger partial charge in [0, 0.05) is 41.8 Å². The topological polar surface area (TPSA) is 104 Å². The number of imidazole rings is 1. The van der Waals surface area contributed by atoms with Gasteiger partial charge in [0.15, 0.2) is 14.9 Å². The van der Waals surface area contributed by atoms with E-state index in [0.717, 1.165) is 6.26 Å². The smallest absolute Gasteiger partial charge is 0.410 e. The fraction of sp³-hybridized carbons (Fsp3) is 0.321. The second kappa shape index (κ2) is 10.4. The molecule has 1 aliphatic rings. The molecule has 216 valence electrons. The molecule has 0 fully saturated rings. The first-order valence-electron chi connectivity index (χ1n) is 12.6. The Morgan fingerprint density at radius 1 is 1.12 bits per heavy atom. The van der Waals surface area contributed by atoms with Gasteiger partial charge in [-0.1, -0.05) is 18.2 Å². The van der Waals surface area contributed by atoms with E-state index in [4.69, 9.17) is 9.47 Å². The molecule has 1 aliphatic heterocycles. The Kier molecular flexibility index (Phi) is 7.18. The fourth-order valence-electron chi connectivity index (χ4n) is 4.79. The van der Waals surface area contributed by atoms with Gasteiger partial charge in [-0.15, -0.1) is 0 Å². The number of benzene rings is 2. The molecular formula is C28H27F3N4O5S. The Morgan fingerprint density at radius 3 is 2.49 bits per heavy atom. The molecule has 2 aromatic carbocycles. The van der Waals surface area contributed by atoms with Crippen molar-refractivity contribution in [2.75, 3.05) is 12.8 Å². The number of halogens is 3. The van der Waals surface area contributed by atoms with E-state index >= 15 is 4.39 Å². The van der Waals surface area contributed by atoms with Gasteiger partial charge in [-0.25, -0.2) is 27.6 Å². The van der Waals surface area contributed by atoms with E-state index in [1.165, 1.54) is 35.4 Å². The summed E-state index contributed by atoms with van der Waals surface area (Å²) in [6.07, 6.45) is 1.68. The zero-order valence-corrected chi connectivity index (χ0v) is 23.5. The van der Waals surface area contributed by atoms with Crippen LogP contribution < -0.4 is 4.74 Å². The first-order valence-corrected chi connectivity index (χ1v) is 14.5. The Hall–Kier alpha value is -4.13. The Labute approximate surface area is 234 Å². The third kappa shape index (κ3) is 5.85. The maximum Gasteiger partial charge on any atom is 0.410 e. The maximum atomic E-state index is 15.3. The number of nitrogens with zero attached hydrogens (tertiary/aromatic N) is 4. The number of hydrogen-bond donors (Lipinski definition) is 0. The molecule has 0 bridgehead atoms. The summed E-state index contributed by atoms with van der Waals surface area (Å²) in [6.45, 7) is 2.18. The van der Waals surface area contributed by atoms with Crippen molar-refractivity contribution in [3.8, 4) is 16.9 Å². The average molecular weight is 589 g/mol. The number of aromatic nitrogens is 3. The van der Waals surface area contributed by atoms with Gasteiger partial charge in [0.25, 0.3) is 0 Å². The molecule has 9 nitrogen and oxygen atoms in total. The van der Waals surface area contributed by atoms with Gasteiger partial charge in [-0.3, -0.25) is 4.90 Å². The zero-order chi connectivity index (χ0) is 29.7. The summed E-state index contributed by atoms with van der Waals surface area (Å²) in [5, 5.41) is -0.151. The van der Waals surface area contributed by atoms with Crippen LogP contribution in [0, 0.1) is 5.82 Å². The quantitative estimate of drug-likeness (QED) is 0.300. The first-order chi connectivity index (χ1) is 19.2. The van der Waals surface area contributed by atoms with Gasteiger partial charge in [0.05, 0.1) is 23.6 Å². The van der Waals surface area contributed by atoms with E-state index in [-0.39, 0.29) is 34.9 Å². The van der Waals surface area contributed by atoms with E-state index in [1.807, 2.05) is 0 Å². The number of sulfone groups is 1. The van der Waals surface area contributed by atoms with E-state index < -0.39 is 40.0 Å². The van der Waals surface area contributed by atoms with Crippen LogP contribution in [-0.2, 0) is 21.1 Å². The lowest BCUT2D eigenvalue weighted by Crippen LogP contribution is -2.44.